The van der Waals surface area contributed by atoms with E-state index in [0.717, 1.165) is 19.5 Å². The zero-order chi connectivity index (χ0) is 12.4. The van der Waals surface area contributed by atoms with Crippen molar-refractivity contribution in [3.05, 3.63) is 40.4 Å². The third-order valence-electron chi connectivity index (χ3n) is 3.25. The average Bonchev–Trinajstić information content (AvgIpc) is 2.71. The minimum Gasteiger partial charge on any atom is -0.367 e. The Morgan fingerprint density at radius 2 is 2.35 bits per heavy atom. The molecule has 1 aromatic rings. The van der Waals surface area contributed by atoms with Gasteiger partial charge >= 0.3 is 0 Å². The normalized spacial score (nSPS) is 17.2. The van der Waals surface area contributed by atoms with Crippen LogP contribution in [0.4, 0.5) is 5.69 Å². The summed E-state index contributed by atoms with van der Waals surface area (Å²) >= 11 is 5.72. The second kappa shape index (κ2) is 5.11. The Hall–Kier alpha value is -0.990. The van der Waals surface area contributed by atoms with Crippen LogP contribution in [0.1, 0.15) is 31.0 Å². The second-order valence-electron chi connectivity index (χ2n) is 4.80. The van der Waals surface area contributed by atoms with E-state index < -0.39 is 0 Å². The van der Waals surface area contributed by atoms with Gasteiger partial charge < -0.3 is 10.6 Å². The lowest BCUT2D eigenvalue weighted by Crippen LogP contribution is -2.22. The molecule has 1 unspecified atom stereocenters. The van der Waals surface area contributed by atoms with Gasteiger partial charge in [0, 0.05) is 30.4 Å². The Bertz CT molecular complexity index is 438. The van der Waals surface area contributed by atoms with E-state index in [-0.39, 0.29) is 6.04 Å². The fourth-order valence-corrected chi connectivity index (χ4v) is 2.34. The zero-order valence-electron chi connectivity index (χ0n) is 10.4. The first kappa shape index (κ1) is 12.5. The summed E-state index contributed by atoms with van der Waals surface area (Å²) in [6, 6.07) is 6.66. The van der Waals surface area contributed by atoms with Gasteiger partial charge in [0.25, 0.3) is 0 Å². The minimum atomic E-state index is 0.110. The van der Waals surface area contributed by atoms with Crippen molar-refractivity contribution in [2.24, 2.45) is 5.73 Å². The van der Waals surface area contributed by atoms with E-state index in [4.69, 9.17) is 17.3 Å². The highest BCUT2D eigenvalue weighted by Crippen LogP contribution is 2.30. The number of benzene rings is 1. The predicted molar refractivity (Wildman–Crippen MR) is 74.6 cm³/mol. The van der Waals surface area contributed by atoms with Gasteiger partial charge in [-0.3, -0.25) is 0 Å². The molecule has 2 rings (SSSR count). The quantitative estimate of drug-likeness (QED) is 0.893. The van der Waals surface area contributed by atoms with Gasteiger partial charge in [0.05, 0.1) is 0 Å². The van der Waals surface area contributed by atoms with Crippen molar-refractivity contribution in [1.82, 2.24) is 0 Å². The molecule has 17 heavy (non-hydrogen) atoms. The monoisotopic (exact) mass is 250 g/mol. The van der Waals surface area contributed by atoms with Crippen LogP contribution in [-0.4, -0.2) is 13.1 Å². The molecule has 1 aliphatic heterocycles. The molecule has 2 nitrogen and oxygen atoms in total. The first-order chi connectivity index (χ1) is 8.11. The number of nitrogens with zero attached hydrogens (tertiary/aromatic N) is 1. The maximum Gasteiger partial charge on any atom is 0.0402 e. The van der Waals surface area contributed by atoms with Crippen LogP contribution in [0.2, 0.25) is 0 Å². The molecule has 1 heterocycles. The molecule has 0 spiro atoms. The van der Waals surface area contributed by atoms with Crippen molar-refractivity contribution >= 4 is 17.3 Å². The summed E-state index contributed by atoms with van der Waals surface area (Å²) in [5.41, 5.74) is 12.7. The maximum absolute atomic E-state index is 5.90. The molecular formula is C14H19ClN2. The van der Waals surface area contributed by atoms with Crippen LogP contribution in [0.25, 0.3) is 0 Å². The molecule has 1 aliphatic rings. The zero-order valence-corrected chi connectivity index (χ0v) is 11.2. The molecule has 1 atom stereocenters. The highest BCUT2D eigenvalue weighted by Gasteiger charge is 2.19. The Morgan fingerprint density at radius 3 is 3.00 bits per heavy atom. The lowest BCUT2D eigenvalue weighted by molar-refractivity contribution is 0.816. The number of nitrogens with two attached hydrogens (primary N) is 1. The van der Waals surface area contributed by atoms with Crippen molar-refractivity contribution in [3.8, 4) is 0 Å². The third-order valence-corrected chi connectivity index (χ3v) is 3.62. The van der Waals surface area contributed by atoms with E-state index in [1.165, 1.54) is 22.4 Å². The van der Waals surface area contributed by atoms with E-state index in [0.29, 0.717) is 0 Å². The number of rotatable bonds is 3. The number of hydrogen-bond donors (Lipinski definition) is 1. The Balaban J connectivity index is 2.22. The van der Waals surface area contributed by atoms with Crippen LogP contribution in [0.3, 0.4) is 0 Å². The highest BCUT2D eigenvalue weighted by molar-refractivity contribution is 6.25. The summed E-state index contributed by atoms with van der Waals surface area (Å²) in [5.74, 6) is 0. The van der Waals surface area contributed by atoms with E-state index in [1.54, 1.807) is 5.54 Å². The molecule has 0 saturated carbocycles. The SMILES string of the molecule is C/C(=C\Cl)CN1CCc2cc(C(C)N)ccc21. The summed E-state index contributed by atoms with van der Waals surface area (Å²) in [7, 11) is 0. The van der Waals surface area contributed by atoms with Crippen molar-refractivity contribution in [2.75, 3.05) is 18.0 Å². The summed E-state index contributed by atoms with van der Waals surface area (Å²) < 4.78 is 0. The van der Waals surface area contributed by atoms with E-state index >= 15 is 0 Å². The Labute approximate surface area is 108 Å². The number of anilines is 1. The number of hydrogen-bond acceptors (Lipinski definition) is 2. The van der Waals surface area contributed by atoms with Gasteiger partial charge in [-0.25, -0.2) is 0 Å². The van der Waals surface area contributed by atoms with Crippen molar-refractivity contribution in [1.29, 1.82) is 0 Å². The molecule has 0 radical (unpaired) electrons. The fraction of sp³-hybridized carbons (Fsp3) is 0.429. The molecule has 0 fully saturated rings. The molecule has 0 saturated heterocycles. The van der Waals surface area contributed by atoms with E-state index in [1.807, 2.05) is 6.92 Å². The molecule has 2 N–H and O–H groups in total. The smallest absolute Gasteiger partial charge is 0.0402 e. The van der Waals surface area contributed by atoms with Gasteiger partial charge in [-0.1, -0.05) is 23.7 Å². The van der Waals surface area contributed by atoms with Crippen LogP contribution in [0.5, 0.6) is 0 Å². The second-order valence-corrected chi connectivity index (χ2v) is 5.02. The molecule has 0 aliphatic carbocycles. The van der Waals surface area contributed by atoms with Crippen LogP contribution in [-0.2, 0) is 6.42 Å². The van der Waals surface area contributed by atoms with Gasteiger partial charge in [-0.15, -0.1) is 0 Å². The van der Waals surface area contributed by atoms with Crippen molar-refractivity contribution < 1.29 is 0 Å². The minimum absolute atomic E-state index is 0.110. The van der Waals surface area contributed by atoms with E-state index in [2.05, 4.69) is 30.0 Å². The van der Waals surface area contributed by atoms with Crippen LogP contribution in [0.15, 0.2) is 29.3 Å². The van der Waals surface area contributed by atoms with Crippen molar-refractivity contribution in [3.63, 3.8) is 0 Å². The maximum atomic E-state index is 5.90. The highest BCUT2D eigenvalue weighted by atomic mass is 35.5. The molecule has 0 amide bonds. The van der Waals surface area contributed by atoms with Crippen LogP contribution in [0, 0.1) is 0 Å². The van der Waals surface area contributed by atoms with Gasteiger partial charge in [-0.05, 0) is 43.0 Å². The Kier molecular flexibility index (Phi) is 3.75. The molecule has 0 aromatic heterocycles. The van der Waals surface area contributed by atoms with Gasteiger partial charge in [-0.2, -0.15) is 0 Å². The topological polar surface area (TPSA) is 29.3 Å². The predicted octanol–water partition coefficient (Wildman–Crippen LogP) is 3.21. The first-order valence-electron chi connectivity index (χ1n) is 6.01. The summed E-state index contributed by atoms with van der Waals surface area (Å²) in [6.45, 7) is 6.06. The number of halogens is 1. The molecule has 92 valence electrons. The van der Waals surface area contributed by atoms with Crippen LogP contribution >= 0.6 is 11.6 Å². The van der Waals surface area contributed by atoms with Gasteiger partial charge in [0.15, 0.2) is 0 Å². The van der Waals surface area contributed by atoms with Gasteiger partial charge in [0.1, 0.15) is 0 Å². The molecule has 0 bridgehead atoms. The third kappa shape index (κ3) is 2.64. The largest absolute Gasteiger partial charge is 0.367 e. The van der Waals surface area contributed by atoms with Crippen LogP contribution < -0.4 is 10.6 Å². The molecule has 3 heteroatoms. The fourth-order valence-electron chi connectivity index (χ4n) is 2.27. The first-order valence-corrected chi connectivity index (χ1v) is 6.44. The lowest BCUT2D eigenvalue weighted by atomic mass is 10.0. The summed E-state index contributed by atoms with van der Waals surface area (Å²) in [4.78, 5) is 2.37. The summed E-state index contributed by atoms with van der Waals surface area (Å²) in [5, 5.41) is 0. The Morgan fingerprint density at radius 1 is 1.59 bits per heavy atom. The lowest BCUT2D eigenvalue weighted by Gasteiger charge is -2.20. The van der Waals surface area contributed by atoms with Gasteiger partial charge in [0.2, 0.25) is 0 Å². The average molecular weight is 251 g/mol. The standard InChI is InChI=1S/C14H19ClN2/c1-10(8-15)9-17-6-5-13-7-12(11(2)16)3-4-14(13)17/h3-4,7-8,11H,5-6,9,16H2,1-2H3/b10-8+. The molecular weight excluding hydrogens is 232 g/mol. The van der Waals surface area contributed by atoms with Crippen molar-refractivity contribution in [2.45, 2.75) is 26.3 Å². The van der Waals surface area contributed by atoms with E-state index in [9.17, 15) is 0 Å². The number of fused-ring (bicyclic) bond motifs is 1. The molecule has 1 aromatic carbocycles. The summed E-state index contributed by atoms with van der Waals surface area (Å²) in [6.07, 6.45) is 1.10.